The van der Waals surface area contributed by atoms with E-state index in [9.17, 15) is 9.59 Å². The van der Waals surface area contributed by atoms with E-state index >= 15 is 0 Å². The predicted molar refractivity (Wildman–Crippen MR) is 133 cm³/mol. The highest BCUT2D eigenvalue weighted by atomic mass is 35.5. The summed E-state index contributed by atoms with van der Waals surface area (Å²) in [4.78, 5) is 29.0. The maximum absolute atomic E-state index is 12.6. The molecule has 0 aliphatic heterocycles. The molecule has 1 aromatic heterocycles. The fourth-order valence-corrected chi connectivity index (χ4v) is 3.81. The number of amides is 1. The van der Waals surface area contributed by atoms with Gasteiger partial charge >= 0.3 is 5.97 Å². The first-order valence-corrected chi connectivity index (χ1v) is 11.3. The lowest BCUT2D eigenvalue weighted by molar-refractivity contribution is -0.145. The number of hydrogen-bond acceptors (Lipinski definition) is 4. The van der Waals surface area contributed by atoms with Crippen LogP contribution in [0.1, 0.15) is 34.0 Å². The summed E-state index contributed by atoms with van der Waals surface area (Å²) in [5, 5.41) is 3.90. The third-order valence-corrected chi connectivity index (χ3v) is 5.70. The lowest BCUT2D eigenvalue weighted by atomic mass is 10.0. The zero-order chi connectivity index (χ0) is 23.8. The van der Waals surface area contributed by atoms with E-state index in [4.69, 9.17) is 39.5 Å². The summed E-state index contributed by atoms with van der Waals surface area (Å²) in [6, 6.07) is 15.2. The Hall–Kier alpha value is -2.86. The molecule has 1 amide bonds. The molecule has 1 atom stereocenters. The van der Waals surface area contributed by atoms with Crippen LogP contribution in [0.2, 0.25) is 15.2 Å². The van der Waals surface area contributed by atoms with E-state index in [-0.39, 0.29) is 23.7 Å². The van der Waals surface area contributed by atoms with Crippen molar-refractivity contribution in [1.82, 2.24) is 10.3 Å². The standard InChI is InChI=1S/C25H21Cl3N2O3/c1-2-33-25(32)22(30-24(31)19-5-4-14-29-23(19)28)15-17-10-8-16(9-11-17)12-13-18-20(26)6-3-7-21(18)27/h3-14,22H,2,15H2,1H3,(H,30,31)/b13-12+/t22-/m0/s1. The van der Waals surface area contributed by atoms with Gasteiger partial charge in [0, 0.05) is 28.2 Å². The van der Waals surface area contributed by atoms with Crippen molar-refractivity contribution >= 4 is 58.8 Å². The van der Waals surface area contributed by atoms with Crippen LogP contribution in [-0.2, 0) is 16.0 Å². The minimum atomic E-state index is -0.878. The topological polar surface area (TPSA) is 68.3 Å². The molecule has 2 aromatic carbocycles. The number of rotatable bonds is 8. The molecular formula is C25H21Cl3N2O3. The Morgan fingerprint density at radius 3 is 2.33 bits per heavy atom. The van der Waals surface area contributed by atoms with Crippen LogP contribution in [0.3, 0.4) is 0 Å². The van der Waals surface area contributed by atoms with Crippen molar-refractivity contribution in [2.24, 2.45) is 0 Å². The van der Waals surface area contributed by atoms with Gasteiger partial charge in [-0.3, -0.25) is 4.79 Å². The quantitative estimate of drug-likeness (QED) is 0.228. The third kappa shape index (κ3) is 6.81. The second-order valence-electron chi connectivity index (χ2n) is 7.03. The molecule has 0 aliphatic carbocycles. The van der Waals surface area contributed by atoms with E-state index in [2.05, 4.69) is 10.3 Å². The van der Waals surface area contributed by atoms with E-state index in [1.165, 1.54) is 6.20 Å². The van der Waals surface area contributed by atoms with Gasteiger partial charge in [0.15, 0.2) is 0 Å². The summed E-state index contributed by atoms with van der Waals surface area (Å²) in [6.45, 7) is 1.91. The fourth-order valence-electron chi connectivity index (χ4n) is 3.08. The van der Waals surface area contributed by atoms with Crippen molar-refractivity contribution in [2.45, 2.75) is 19.4 Å². The SMILES string of the molecule is CCOC(=O)[C@H](Cc1ccc(/C=C/c2c(Cl)cccc2Cl)cc1)NC(=O)c1cccnc1Cl. The maximum atomic E-state index is 12.6. The molecule has 0 saturated heterocycles. The lowest BCUT2D eigenvalue weighted by Crippen LogP contribution is -2.43. The van der Waals surface area contributed by atoms with Crippen molar-refractivity contribution in [3.05, 3.63) is 98.2 Å². The van der Waals surface area contributed by atoms with Crippen LogP contribution >= 0.6 is 34.8 Å². The molecule has 0 fully saturated rings. The van der Waals surface area contributed by atoms with E-state index in [1.54, 1.807) is 37.3 Å². The summed E-state index contributed by atoms with van der Waals surface area (Å²) in [5.41, 5.74) is 2.70. The molecule has 0 unspecified atom stereocenters. The Morgan fingerprint density at radius 2 is 1.70 bits per heavy atom. The van der Waals surface area contributed by atoms with Crippen molar-refractivity contribution < 1.29 is 14.3 Å². The molecule has 0 radical (unpaired) electrons. The largest absolute Gasteiger partial charge is 0.464 e. The number of halogens is 3. The lowest BCUT2D eigenvalue weighted by Gasteiger charge is -2.18. The van der Waals surface area contributed by atoms with E-state index in [0.29, 0.717) is 10.0 Å². The van der Waals surface area contributed by atoms with Crippen LogP contribution in [0.5, 0.6) is 0 Å². The Kier molecular flexibility index (Phi) is 8.89. The van der Waals surface area contributed by atoms with Gasteiger partial charge in [0.1, 0.15) is 11.2 Å². The molecule has 33 heavy (non-hydrogen) atoms. The molecule has 1 heterocycles. The number of esters is 1. The minimum absolute atomic E-state index is 0.0624. The van der Waals surface area contributed by atoms with Crippen molar-refractivity contribution in [3.63, 3.8) is 0 Å². The van der Waals surface area contributed by atoms with Gasteiger partial charge in [0.2, 0.25) is 0 Å². The number of nitrogens with one attached hydrogen (secondary N) is 1. The number of hydrogen-bond donors (Lipinski definition) is 1. The van der Waals surface area contributed by atoms with Gasteiger partial charge < -0.3 is 10.1 Å². The first-order valence-electron chi connectivity index (χ1n) is 10.2. The first kappa shape index (κ1) is 24.8. The van der Waals surface area contributed by atoms with Gasteiger partial charge in [-0.15, -0.1) is 0 Å². The number of carbonyl (C=O) groups excluding carboxylic acids is 2. The highest BCUT2D eigenvalue weighted by Gasteiger charge is 2.24. The summed E-state index contributed by atoms with van der Waals surface area (Å²) in [7, 11) is 0. The van der Waals surface area contributed by atoms with Crippen LogP contribution in [0.25, 0.3) is 12.2 Å². The van der Waals surface area contributed by atoms with Crippen LogP contribution in [0.15, 0.2) is 60.8 Å². The number of nitrogens with zero attached hydrogens (tertiary/aromatic N) is 1. The smallest absolute Gasteiger partial charge is 0.328 e. The van der Waals surface area contributed by atoms with Crippen molar-refractivity contribution in [1.29, 1.82) is 0 Å². The van der Waals surface area contributed by atoms with Gasteiger partial charge in [0.05, 0.1) is 12.2 Å². The Morgan fingerprint density at radius 1 is 1.00 bits per heavy atom. The highest BCUT2D eigenvalue weighted by molar-refractivity contribution is 6.37. The van der Waals surface area contributed by atoms with Crippen molar-refractivity contribution in [2.75, 3.05) is 6.61 Å². The maximum Gasteiger partial charge on any atom is 0.328 e. The molecule has 8 heteroatoms. The molecule has 5 nitrogen and oxygen atoms in total. The molecule has 3 rings (SSSR count). The van der Waals surface area contributed by atoms with Gasteiger partial charge in [-0.05, 0) is 42.3 Å². The zero-order valence-corrected chi connectivity index (χ0v) is 20.0. The first-order chi connectivity index (χ1) is 15.9. The van der Waals surface area contributed by atoms with Gasteiger partial charge in [-0.1, -0.05) is 77.3 Å². The zero-order valence-electron chi connectivity index (χ0n) is 17.7. The Labute approximate surface area is 207 Å². The normalized spacial score (nSPS) is 11.9. The summed E-state index contributed by atoms with van der Waals surface area (Å²) < 4.78 is 5.14. The monoisotopic (exact) mass is 502 g/mol. The fraction of sp³-hybridized carbons (Fsp3) is 0.160. The Balaban J connectivity index is 1.73. The van der Waals surface area contributed by atoms with Gasteiger partial charge in [-0.25, -0.2) is 9.78 Å². The third-order valence-electron chi connectivity index (χ3n) is 4.74. The second-order valence-corrected chi connectivity index (χ2v) is 8.21. The van der Waals surface area contributed by atoms with Crippen LogP contribution in [0.4, 0.5) is 0 Å². The molecule has 1 N–H and O–H groups in total. The summed E-state index contributed by atoms with van der Waals surface area (Å²) in [5.74, 6) is -1.02. The molecule has 0 aliphatic rings. The average Bonchev–Trinajstić information content (AvgIpc) is 2.79. The van der Waals surface area contributed by atoms with E-state index in [0.717, 1.165) is 16.7 Å². The second kappa shape index (κ2) is 11.8. The molecule has 0 saturated carbocycles. The molecular weight excluding hydrogens is 483 g/mol. The number of benzene rings is 2. The summed E-state index contributed by atoms with van der Waals surface area (Å²) >= 11 is 18.4. The number of aromatic nitrogens is 1. The van der Waals surface area contributed by atoms with Crippen LogP contribution in [-0.4, -0.2) is 29.5 Å². The van der Waals surface area contributed by atoms with Gasteiger partial charge in [0.25, 0.3) is 5.91 Å². The average molecular weight is 504 g/mol. The molecule has 3 aromatic rings. The number of carbonyl (C=O) groups is 2. The molecule has 170 valence electrons. The summed E-state index contributed by atoms with van der Waals surface area (Å²) in [6.07, 6.45) is 5.48. The van der Waals surface area contributed by atoms with Gasteiger partial charge in [-0.2, -0.15) is 0 Å². The minimum Gasteiger partial charge on any atom is -0.464 e. The van der Waals surface area contributed by atoms with E-state index in [1.807, 2.05) is 36.4 Å². The number of pyridine rings is 1. The molecule has 0 spiro atoms. The van der Waals surface area contributed by atoms with Crippen molar-refractivity contribution in [3.8, 4) is 0 Å². The Bertz CT molecular complexity index is 1140. The molecule has 0 bridgehead atoms. The van der Waals surface area contributed by atoms with Crippen LogP contribution in [0, 0.1) is 0 Å². The highest BCUT2D eigenvalue weighted by Crippen LogP contribution is 2.26. The van der Waals surface area contributed by atoms with Crippen LogP contribution < -0.4 is 5.32 Å². The van der Waals surface area contributed by atoms with E-state index < -0.39 is 17.9 Å². The predicted octanol–water partition coefficient (Wildman–Crippen LogP) is 6.12. The number of ether oxygens (including phenoxy) is 1.